The summed E-state index contributed by atoms with van der Waals surface area (Å²) in [5, 5.41) is 3.14. The topological polar surface area (TPSA) is 106 Å². The number of nitrogens with zero attached hydrogens (tertiary/aromatic N) is 2. The second-order valence-electron chi connectivity index (χ2n) is 4.39. The van der Waals surface area contributed by atoms with Gasteiger partial charge < -0.3 is 20.6 Å². The molecule has 0 aliphatic heterocycles. The fraction of sp³-hybridized carbons (Fsp3) is 0.154. The first-order valence-corrected chi connectivity index (χ1v) is 7.76. The Balaban J connectivity index is 2.22. The van der Waals surface area contributed by atoms with Gasteiger partial charge in [-0.1, -0.05) is 18.2 Å². The molecule has 0 spiro atoms. The maximum Gasteiger partial charge on any atom is 0.330 e. The third kappa shape index (κ3) is 4.02. The van der Waals surface area contributed by atoms with Gasteiger partial charge >= 0.3 is 7.60 Å². The molecule has 0 saturated heterocycles. The van der Waals surface area contributed by atoms with Crippen LogP contribution in [-0.4, -0.2) is 26.5 Å². The lowest BCUT2D eigenvalue weighted by atomic mass is 10.0. The molecule has 7 heteroatoms. The van der Waals surface area contributed by atoms with Crippen LogP contribution in [0.3, 0.4) is 0 Å². The highest BCUT2D eigenvalue weighted by molar-refractivity contribution is 7.52. The van der Waals surface area contributed by atoms with E-state index in [1.54, 1.807) is 12.2 Å². The Bertz CT molecular complexity index is 655. The number of rotatable bonds is 4. The highest BCUT2D eigenvalue weighted by atomic mass is 31.2. The van der Waals surface area contributed by atoms with E-state index in [4.69, 9.17) is 15.3 Å². The number of benzene rings is 1. The zero-order chi connectivity index (χ0) is 14.6. The minimum Gasteiger partial charge on any atom is -0.361 e. The van der Waals surface area contributed by atoms with Crippen LogP contribution in [0.4, 0.5) is 5.69 Å². The third-order valence-electron chi connectivity index (χ3n) is 2.78. The molecule has 1 aromatic rings. The van der Waals surface area contributed by atoms with E-state index >= 15 is 0 Å². The van der Waals surface area contributed by atoms with Gasteiger partial charge in [0.15, 0.2) is 0 Å². The molecule has 0 heterocycles. The van der Waals surface area contributed by atoms with Gasteiger partial charge in [-0.25, -0.2) is 0 Å². The predicted octanol–water partition coefficient (Wildman–Crippen LogP) is 2.16. The SMILES string of the molecule is [N-]=[N+]=C1CC=C(Nc2ccccc2)C=C1CP(=O)(O)O. The van der Waals surface area contributed by atoms with E-state index < -0.39 is 13.8 Å². The molecule has 0 atom stereocenters. The molecule has 0 amide bonds. The molecule has 20 heavy (non-hydrogen) atoms. The van der Waals surface area contributed by atoms with Gasteiger partial charge in [0.05, 0.1) is 18.2 Å². The van der Waals surface area contributed by atoms with Gasteiger partial charge in [-0.15, -0.1) is 0 Å². The lowest BCUT2D eigenvalue weighted by Crippen LogP contribution is -2.14. The largest absolute Gasteiger partial charge is 0.361 e. The Morgan fingerprint density at radius 1 is 1.30 bits per heavy atom. The molecule has 104 valence electrons. The quantitative estimate of drug-likeness (QED) is 0.449. The van der Waals surface area contributed by atoms with Crippen molar-refractivity contribution in [2.24, 2.45) is 0 Å². The number of para-hydroxylation sites is 1. The molecular formula is C13H14N3O3P. The Labute approximate surface area is 116 Å². The van der Waals surface area contributed by atoms with Crippen molar-refractivity contribution >= 4 is 19.0 Å². The maximum absolute atomic E-state index is 11.1. The van der Waals surface area contributed by atoms with Crippen molar-refractivity contribution in [1.82, 2.24) is 0 Å². The van der Waals surface area contributed by atoms with Crippen LogP contribution in [0.2, 0.25) is 0 Å². The monoisotopic (exact) mass is 291 g/mol. The Morgan fingerprint density at radius 3 is 2.60 bits per heavy atom. The first-order valence-electron chi connectivity index (χ1n) is 5.96. The van der Waals surface area contributed by atoms with Crippen LogP contribution in [0, 0.1) is 0 Å². The van der Waals surface area contributed by atoms with Crippen LogP contribution >= 0.6 is 7.60 Å². The molecule has 0 bridgehead atoms. The summed E-state index contributed by atoms with van der Waals surface area (Å²) in [5.74, 6) is 0. The number of hydrogen-bond acceptors (Lipinski definition) is 2. The summed E-state index contributed by atoms with van der Waals surface area (Å²) in [6.45, 7) is 0. The molecule has 6 nitrogen and oxygen atoms in total. The fourth-order valence-electron chi connectivity index (χ4n) is 1.91. The Hall–Kier alpha value is -1.97. The smallest absolute Gasteiger partial charge is 0.330 e. The van der Waals surface area contributed by atoms with Gasteiger partial charge in [0, 0.05) is 11.4 Å². The van der Waals surface area contributed by atoms with Gasteiger partial charge in [0.2, 0.25) is 0 Å². The second kappa shape index (κ2) is 5.99. The van der Waals surface area contributed by atoms with Crippen molar-refractivity contribution in [2.45, 2.75) is 6.42 Å². The summed E-state index contributed by atoms with van der Waals surface area (Å²) >= 11 is 0. The highest BCUT2D eigenvalue weighted by Gasteiger charge is 2.26. The van der Waals surface area contributed by atoms with Crippen LogP contribution in [0.5, 0.6) is 0 Å². The second-order valence-corrected chi connectivity index (χ2v) is 6.04. The molecule has 0 radical (unpaired) electrons. The first-order chi connectivity index (χ1) is 9.48. The maximum atomic E-state index is 11.1. The zero-order valence-electron chi connectivity index (χ0n) is 10.6. The summed E-state index contributed by atoms with van der Waals surface area (Å²) in [6, 6.07) is 9.42. The van der Waals surface area contributed by atoms with E-state index in [0.29, 0.717) is 17.7 Å². The number of anilines is 1. The van der Waals surface area contributed by atoms with E-state index in [0.717, 1.165) is 5.69 Å². The van der Waals surface area contributed by atoms with E-state index in [1.807, 2.05) is 30.3 Å². The number of allylic oxidation sites excluding steroid dienone is 3. The lowest BCUT2D eigenvalue weighted by molar-refractivity contribution is -0.00649. The van der Waals surface area contributed by atoms with Crippen molar-refractivity contribution < 1.29 is 19.1 Å². The van der Waals surface area contributed by atoms with Gasteiger partial charge in [-0.2, -0.15) is 4.79 Å². The summed E-state index contributed by atoms with van der Waals surface area (Å²) in [7, 11) is -4.21. The van der Waals surface area contributed by atoms with Crippen molar-refractivity contribution in [3.8, 4) is 0 Å². The van der Waals surface area contributed by atoms with Crippen LogP contribution in [-0.2, 0) is 4.57 Å². The molecule has 0 unspecified atom stereocenters. The lowest BCUT2D eigenvalue weighted by Gasteiger charge is -2.13. The van der Waals surface area contributed by atoms with Gasteiger partial charge in [-0.05, 0) is 24.3 Å². The predicted molar refractivity (Wildman–Crippen MR) is 76.4 cm³/mol. The standard InChI is InChI=1S/C13H14N3O3P/c14-16-13-7-6-12(8-10(13)9-20(17,18)19)15-11-4-2-1-3-5-11/h1-6,8,15H,7,9H2,(H2,17,18,19). The Morgan fingerprint density at radius 2 is 2.00 bits per heavy atom. The molecule has 1 aliphatic rings. The molecule has 0 aromatic heterocycles. The minimum atomic E-state index is -4.21. The average molecular weight is 291 g/mol. The normalized spacial score (nSPS) is 15.2. The van der Waals surface area contributed by atoms with Gasteiger partial charge in [0.25, 0.3) is 5.71 Å². The summed E-state index contributed by atoms with van der Waals surface area (Å²) < 4.78 is 11.1. The molecule has 1 aliphatic carbocycles. The van der Waals surface area contributed by atoms with Gasteiger partial charge in [0.1, 0.15) is 0 Å². The average Bonchev–Trinajstić information content (AvgIpc) is 2.38. The summed E-state index contributed by atoms with van der Waals surface area (Å²) in [5.41, 5.74) is 11.1. The van der Waals surface area contributed by atoms with Crippen LogP contribution < -0.4 is 5.32 Å². The van der Waals surface area contributed by atoms with Crippen molar-refractivity contribution in [3.05, 3.63) is 59.3 Å². The number of hydrogen-bond donors (Lipinski definition) is 3. The summed E-state index contributed by atoms with van der Waals surface area (Å²) in [6.07, 6.45) is 3.26. The van der Waals surface area contributed by atoms with E-state index in [2.05, 4.69) is 10.1 Å². The molecule has 2 rings (SSSR count). The summed E-state index contributed by atoms with van der Waals surface area (Å²) in [4.78, 5) is 21.2. The van der Waals surface area contributed by atoms with E-state index in [1.165, 1.54) is 0 Å². The van der Waals surface area contributed by atoms with Crippen molar-refractivity contribution in [1.29, 1.82) is 0 Å². The van der Waals surface area contributed by atoms with Crippen LogP contribution in [0.25, 0.3) is 5.53 Å². The minimum absolute atomic E-state index is 0.270. The number of nitrogens with one attached hydrogen (secondary N) is 1. The van der Waals surface area contributed by atoms with Gasteiger partial charge in [-0.3, -0.25) is 4.57 Å². The Kier molecular flexibility index (Phi) is 4.32. The first kappa shape index (κ1) is 14.4. The highest BCUT2D eigenvalue weighted by Crippen LogP contribution is 2.38. The zero-order valence-corrected chi connectivity index (χ0v) is 11.5. The van der Waals surface area contributed by atoms with Crippen molar-refractivity contribution in [3.63, 3.8) is 0 Å². The molecule has 1 aromatic carbocycles. The molecule has 3 N–H and O–H groups in total. The van der Waals surface area contributed by atoms with E-state index in [9.17, 15) is 4.57 Å². The molecule has 0 saturated carbocycles. The van der Waals surface area contributed by atoms with Crippen LogP contribution in [0.15, 0.2) is 53.8 Å². The van der Waals surface area contributed by atoms with Crippen molar-refractivity contribution in [2.75, 3.05) is 11.5 Å². The molecule has 0 fully saturated rings. The third-order valence-corrected chi connectivity index (χ3v) is 3.53. The molecular weight excluding hydrogens is 277 g/mol. The van der Waals surface area contributed by atoms with E-state index in [-0.39, 0.29) is 5.71 Å². The van der Waals surface area contributed by atoms with Crippen LogP contribution in [0.1, 0.15) is 6.42 Å². The fourth-order valence-corrected chi connectivity index (χ4v) is 2.62.